The van der Waals surface area contributed by atoms with Crippen LogP contribution in [0.3, 0.4) is 0 Å². The Bertz CT molecular complexity index is 635. The van der Waals surface area contributed by atoms with Crippen molar-refractivity contribution in [2.24, 2.45) is 0 Å². The highest BCUT2D eigenvalue weighted by atomic mass is 35.5. The molecule has 19 heavy (non-hydrogen) atoms. The fourth-order valence-electron chi connectivity index (χ4n) is 1.98. The summed E-state index contributed by atoms with van der Waals surface area (Å²) in [4.78, 5) is 12.2. The van der Waals surface area contributed by atoms with Crippen LogP contribution in [0.15, 0.2) is 36.4 Å². The molecule has 2 nitrogen and oxygen atoms in total. The number of nitrogens with one attached hydrogen (secondary N) is 1. The van der Waals surface area contributed by atoms with Gasteiger partial charge in [-0.3, -0.25) is 4.79 Å². The number of anilines is 1. The van der Waals surface area contributed by atoms with Crippen LogP contribution < -0.4 is 5.32 Å². The van der Waals surface area contributed by atoms with Crippen LogP contribution in [0.4, 0.5) is 5.69 Å². The Morgan fingerprint density at radius 2 is 1.63 bits per heavy atom. The predicted molar refractivity (Wildman–Crippen MR) is 80.1 cm³/mol. The van der Waals surface area contributed by atoms with Crippen molar-refractivity contribution in [2.75, 3.05) is 5.32 Å². The Balaban J connectivity index is 2.25. The summed E-state index contributed by atoms with van der Waals surface area (Å²) in [6.45, 7) is 5.89. The summed E-state index contributed by atoms with van der Waals surface area (Å²) in [6.07, 6.45) is 0. The van der Waals surface area contributed by atoms with Gasteiger partial charge in [0.05, 0.1) is 10.7 Å². The van der Waals surface area contributed by atoms with Crippen LogP contribution in [0.1, 0.15) is 27.0 Å². The van der Waals surface area contributed by atoms with E-state index < -0.39 is 0 Å². The van der Waals surface area contributed by atoms with Gasteiger partial charge in [-0.25, -0.2) is 0 Å². The number of aryl methyl sites for hydroxylation is 3. The predicted octanol–water partition coefficient (Wildman–Crippen LogP) is 4.52. The Kier molecular flexibility index (Phi) is 3.91. The molecule has 0 bridgehead atoms. The maximum atomic E-state index is 12.2. The highest BCUT2D eigenvalue weighted by Gasteiger charge is 2.10. The number of hydrogen-bond acceptors (Lipinski definition) is 1. The number of carbonyl (C=O) groups excluding carboxylic acids is 1. The molecule has 98 valence electrons. The summed E-state index contributed by atoms with van der Waals surface area (Å²) >= 11 is 6.11. The smallest absolute Gasteiger partial charge is 0.255 e. The quantitative estimate of drug-likeness (QED) is 0.856. The van der Waals surface area contributed by atoms with E-state index >= 15 is 0 Å². The maximum Gasteiger partial charge on any atom is 0.255 e. The topological polar surface area (TPSA) is 29.1 Å². The lowest BCUT2D eigenvalue weighted by atomic mass is 10.1. The Labute approximate surface area is 118 Å². The molecule has 0 radical (unpaired) electrons. The first-order valence-electron chi connectivity index (χ1n) is 6.12. The van der Waals surface area contributed by atoms with Gasteiger partial charge in [-0.05, 0) is 50.1 Å². The van der Waals surface area contributed by atoms with E-state index in [2.05, 4.69) is 5.32 Å². The van der Waals surface area contributed by atoms with Crippen molar-refractivity contribution in [2.45, 2.75) is 20.8 Å². The van der Waals surface area contributed by atoms with E-state index in [0.29, 0.717) is 16.3 Å². The summed E-state index contributed by atoms with van der Waals surface area (Å²) in [5, 5.41) is 3.40. The van der Waals surface area contributed by atoms with Gasteiger partial charge >= 0.3 is 0 Å². The third-order valence-corrected chi connectivity index (χ3v) is 3.31. The van der Waals surface area contributed by atoms with Gasteiger partial charge in [-0.1, -0.05) is 35.4 Å². The second-order valence-corrected chi connectivity index (χ2v) is 5.16. The minimum absolute atomic E-state index is 0.136. The number of hydrogen-bond donors (Lipinski definition) is 1. The molecule has 0 unspecified atom stereocenters. The Morgan fingerprint density at radius 3 is 2.26 bits per heavy atom. The van der Waals surface area contributed by atoms with E-state index in [4.69, 9.17) is 11.6 Å². The third kappa shape index (κ3) is 3.15. The molecule has 2 aromatic carbocycles. The van der Waals surface area contributed by atoms with Crippen molar-refractivity contribution >= 4 is 23.2 Å². The number of rotatable bonds is 2. The first-order valence-corrected chi connectivity index (χ1v) is 6.50. The molecule has 0 aliphatic carbocycles. The summed E-state index contributed by atoms with van der Waals surface area (Å²) in [6, 6.07) is 11.3. The number of carbonyl (C=O) groups is 1. The highest BCUT2D eigenvalue weighted by molar-refractivity contribution is 6.34. The van der Waals surface area contributed by atoms with Crippen LogP contribution in [0.25, 0.3) is 0 Å². The molecule has 1 amide bonds. The van der Waals surface area contributed by atoms with E-state index in [1.807, 2.05) is 57.2 Å². The van der Waals surface area contributed by atoms with Crippen molar-refractivity contribution in [3.63, 3.8) is 0 Å². The fraction of sp³-hybridized carbons (Fsp3) is 0.188. The zero-order chi connectivity index (χ0) is 14.0. The van der Waals surface area contributed by atoms with Crippen molar-refractivity contribution < 1.29 is 4.79 Å². The average molecular weight is 274 g/mol. The van der Waals surface area contributed by atoms with Crippen molar-refractivity contribution in [1.29, 1.82) is 0 Å². The lowest BCUT2D eigenvalue weighted by molar-refractivity contribution is 0.102. The SMILES string of the molecule is Cc1ccc(C(=O)Nc2ccc(C)cc2Cl)c(C)c1. The molecule has 0 saturated carbocycles. The monoisotopic (exact) mass is 273 g/mol. The molecule has 0 aromatic heterocycles. The average Bonchev–Trinajstić information content (AvgIpc) is 2.32. The molecular weight excluding hydrogens is 258 g/mol. The number of amides is 1. The van der Waals surface area contributed by atoms with Crippen molar-refractivity contribution in [3.05, 3.63) is 63.7 Å². The summed E-state index contributed by atoms with van der Waals surface area (Å²) in [5.74, 6) is -0.136. The van der Waals surface area contributed by atoms with E-state index in [1.54, 1.807) is 0 Å². The molecule has 0 atom stereocenters. The minimum Gasteiger partial charge on any atom is -0.321 e. The lowest BCUT2D eigenvalue weighted by Gasteiger charge is -2.10. The largest absolute Gasteiger partial charge is 0.321 e. The summed E-state index contributed by atoms with van der Waals surface area (Å²) in [5.41, 5.74) is 4.47. The molecule has 0 heterocycles. The molecular formula is C16H16ClNO. The first-order chi connectivity index (χ1) is 8.97. The van der Waals surface area contributed by atoms with Gasteiger partial charge in [0.1, 0.15) is 0 Å². The Hall–Kier alpha value is -1.80. The van der Waals surface area contributed by atoms with Gasteiger partial charge in [0, 0.05) is 5.56 Å². The van der Waals surface area contributed by atoms with Gasteiger partial charge in [-0.2, -0.15) is 0 Å². The van der Waals surface area contributed by atoms with Gasteiger partial charge in [0.15, 0.2) is 0 Å². The molecule has 2 aromatic rings. The molecule has 1 N–H and O–H groups in total. The molecule has 0 spiro atoms. The first kappa shape index (κ1) is 13.6. The van der Waals surface area contributed by atoms with Crippen LogP contribution in [0.2, 0.25) is 5.02 Å². The van der Waals surface area contributed by atoms with Gasteiger partial charge in [0.2, 0.25) is 0 Å². The summed E-state index contributed by atoms with van der Waals surface area (Å²) < 4.78 is 0. The summed E-state index contributed by atoms with van der Waals surface area (Å²) in [7, 11) is 0. The molecule has 2 rings (SSSR count). The lowest BCUT2D eigenvalue weighted by Crippen LogP contribution is -2.13. The van der Waals surface area contributed by atoms with Crippen LogP contribution in [-0.2, 0) is 0 Å². The van der Waals surface area contributed by atoms with E-state index in [0.717, 1.165) is 16.7 Å². The highest BCUT2D eigenvalue weighted by Crippen LogP contribution is 2.23. The Morgan fingerprint density at radius 1 is 1.00 bits per heavy atom. The van der Waals surface area contributed by atoms with Crippen molar-refractivity contribution in [1.82, 2.24) is 0 Å². The second-order valence-electron chi connectivity index (χ2n) is 4.76. The van der Waals surface area contributed by atoms with Crippen LogP contribution in [0, 0.1) is 20.8 Å². The van der Waals surface area contributed by atoms with Crippen LogP contribution >= 0.6 is 11.6 Å². The molecule has 0 saturated heterocycles. The molecule has 0 aliphatic heterocycles. The standard InChI is InChI=1S/C16H16ClNO/c1-10-4-6-13(12(3)8-10)16(19)18-15-7-5-11(2)9-14(15)17/h4-9H,1-3H3,(H,18,19). The maximum absolute atomic E-state index is 12.2. The molecule has 3 heteroatoms. The fourth-order valence-corrected chi connectivity index (χ4v) is 2.26. The van der Waals surface area contributed by atoms with Crippen molar-refractivity contribution in [3.8, 4) is 0 Å². The van der Waals surface area contributed by atoms with Gasteiger partial charge < -0.3 is 5.32 Å². The number of benzene rings is 2. The van der Waals surface area contributed by atoms with E-state index in [1.165, 1.54) is 0 Å². The van der Waals surface area contributed by atoms with Crippen LogP contribution in [0.5, 0.6) is 0 Å². The minimum atomic E-state index is -0.136. The van der Waals surface area contributed by atoms with E-state index in [-0.39, 0.29) is 5.91 Å². The van der Waals surface area contributed by atoms with E-state index in [9.17, 15) is 4.79 Å². The molecule has 0 fully saturated rings. The number of halogens is 1. The normalized spacial score (nSPS) is 10.3. The third-order valence-electron chi connectivity index (χ3n) is 3.00. The zero-order valence-corrected chi connectivity index (χ0v) is 12.0. The molecule has 0 aliphatic rings. The second kappa shape index (κ2) is 5.45. The van der Waals surface area contributed by atoms with Gasteiger partial charge in [0.25, 0.3) is 5.91 Å². The zero-order valence-electron chi connectivity index (χ0n) is 11.3. The van der Waals surface area contributed by atoms with Crippen LogP contribution in [-0.4, -0.2) is 5.91 Å². The van der Waals surface area contributed by atoms with Gasteiger partial charge in [-0.15, -0.1) is 0 Å².